The Balaban J connectivity index is 2.36. The number of alkyl halides is 3. The molecule has 0 amide bonds. The van der Waals surface area contributed by atoms with Gasteiger partial charge in [0.05, 0.1) is 4.90 Å². The molecule has 0 bridgehead atoms. The normalized spacial score (nSPS) is 14.1. The van der Waals surface area contributed by atoms with Gasteiger partial charge in [-0.2, -0.15) is 13.2 Å². The summed E-state index contributed by atoms with van der Waals surface area (Å²) < 4.78 is 63.8. The number of hydrogen-bond donors (Lipinski definition) is 2. The Kier molecular flexibility index (Phi) is 6.66. The SMILES string of the molecule is CC(C)CNc1ccc(C(O)(C#Cc2ccc(S(C)(=O)=O)cc2)C(F)(F)F)cc1. The molecule has 156 valence electrons. The van der Waals surface area contributed by atoms with Crippen molar-refractivity contribution in [1.82, 2.24) is 0 Å². The molecule has 0 aliphatic carbocycles. The molecule has 0 heterocycles. The van der Waals surface area contributed by atoms with E-state index in [-0.39, 0.29) is 10.5 Å². The minimum atomic E-state index is -5.03. The molecule has 0 saturated carbocycles. The number of nitrogens with one attached hydrogen (secondary N) is 1. The summed E-state index contributed by atoms with van der Waals surface area (Å²) >= 11 is 0. The number of aliphatic hydroxyl groups is 1. The lowest BCUT2D eigenvalue weighted by atomic mass is 9.93. The maximum atomic E-state index is 13.6. The zero-order valence-corrected chi connectivity index (χ0v) is 17.0. The average Bonchev–Trinajstić information content (AvgIpc) is 2.63. The standard InChI is InChI=1S/C21H22F3NO3S/c1-15(2)14-25-18-8-6-17(7-9-18)20(26,21(22,23)24)13-12-16-4-10-19(11-5-16)29(3,27)28/h4-11,15,25-26H,14H2,1-3H3. The summed E-state index contributed by atoms with van der Waals surface area (Å²) in [5.41, 5.74) is -2.98. The zero-order valence-electron chi connectivity index (χ0n) is 16.2. The van der Waals surface area contributed by atoms with Gasteiger partial charge in [0.1, 0.15) is 0 Å². The van der Waals surface area contributed by atoms with Crippen LogP contribution in [0.15, 0.2) is 53.4 Å². The van der Waals surface area contributed by atoms with E-state index in [0.29, 0.717) is 18.2 Å². The van der Waals surface area contributed by atoms with Crippen LogP contribution in [0.3, 0.4) is 0 Å². The van der Waals surface area contributed by atoms with E-state index in [1.165, 1.54) is 48.5 Å². The van der Waals surface area contributed by atoms with Crippen molar-refractivity contribution in [2.24, 2.45) is 5.92 Å². The number of hydrogen-bond acceptors (Lipinski definition) is 4. The topological polar surface area (TPSA) is 66.4 Å². The third-order valence-electron chi connectivity index (χ3n) is 4.10. The van der Waals surface area contributed by atoms with Crippen molar-refractivity contribution in [3.05, 3.63) is 59.7 Å². The van der Waals surface area contributed by atoms with E-state index in [1.807, 2.05) is 19.8 Å². The largest absolute Gasteiger partial charge is 0.433 e. The molecule has 0 fully saturated rings. The molecule has 2 rings (SSSR count). The second kappa shape index (κ2) is 8.47. The summed E-state index contributed by atoms with van der Waals surface area (Å²) in [7, 11) is -3.43. The number of rotatable bonds is 5. The van der Waals surface area contributed by atoms with Gasteiger partial charge in [-0.25, -0.2) is 8.42 Å². The molecule has 2 aromatic carbocycles. The van der Waals surface area contributed by atoms with Crippen LogP contribution in [0, 0.1) is 17.8 Å². The third kappa shape index (κ3) is 5.75. The fourth-order valence-corrected chi connectivity index (χ4v) is 3.04. The Morgan fingerprint density at radius 3 is 2.03 bits per heavy atom. The van der Waals surface area contributed by atoms with Crippen molar-refractivity contribution in [3.63, 3.8) is 0 Å². The monoisotopic (exact) mass is 425 g/mol. The van der Waals surface area contributed by atoms with E-state index < -0.39 is 27.2 Å². The Morgan fingerprint density at radius 2 is 1.59 bits per heavy atom. The summed E-state index contributed by atoms with van der Waals surface area (Å²) in [4.78, 5) is 0.0265. The second-order valence-corrected chi connectivity index (χ2v) is 9.12. The third-order valence-corrected chi connectivity index (χ3v) is 5.23. The van der Waals surface area contributed by atoms with Crippen LogP contribution in [0.4, 0.5) is 18.9 Å². The molecular weight excluding hydrogens is 403 g/mol. The first-order valence-electron chi connectivity index (χ1n) is 8.80. The van der Waals surface area contributed by atoms with Crippen LogP contribution in [0.25, 0.3) is 0 Å². The molecular formula is C21H22F3NO3S. The Hall–Kier alpha value is -2.50. The van der Waals surface area contributed by atoms with Gasteiger partial charge in [0.25, 0.3) is 0 Å². The van der Waals surface area contributed by atoms with Crippen molar-refractivity contribution in [2.75, 3.05) is 18.1 Å². The average molecular weight is 425 g/mol. The molecule has 1 unspecified atom stereocenters. The highest BCUT2D eigenvalue weighted by Gasteiger charge is 2.54. The van der Waals surface area contributed by atoms with Gasteiger partial charge in [-0.3, -0.25) is 0 Å². The molecule has 0 radical (unpaired) electrons. The van der Waals surface area contributed by atoms with Crippen molar-refractivity contribution < 1.29 is 26.7 Å². The minimum Gasteiger partial charge on any atom is -0.385 e. The molecule has 0 aliphatic rings. The lowest BCUT2D eigenvalue weighted by molar-refractivity contribution is -0.240. The predicted octanol–water partition coefficient (Wildman–Crippen LogP) is 3.96. The van der Waals surface area contributed by atoms with Gasteiger partial charge >= 0.3 is 6.18 Å². The quantitative estimate of drug-likeness (QED) is 0.712. The van der Waals surface area contributed by atoms with Crippen molar-refractivity contribution >= 4 is 15.5 Å². The van der Waals surface area contributed by atoms with E-state index in [9.17, 15) is 26.7 Å². The van der Waals surface area contributed by atoms with Crippen LogP contribution in [-0.2, 0) is 15.4 Å². The van der Waals surface area contributed by atoms with Gasteiger partial charge in [0, 0.05) is 29.6 Å². The Bertz CT molecular complexity index is 1000. The summed E-state index contributed by atoms with van der Waals surface area (Å²) in [5.74, 6) is 4.56. The van der Waals surface area contributed by atoms with Crippen molar-refractivity contribution in [3.8, 4) is 11.8 Å². The van der Waals surface area contributed by atoms with E-state index in [4.69, 9.17) is 0 Å². The smallest absolute Gasteiger partial charge is 0.385 e. The van der Waals surface area contributed by atoms with E-state index in [0.717, 1.165) is 6.26 Å². The molecule has 1 atom stereocenters. The van der Waals surface area contributed by atoms with Gasteiger partial charge in [0.15, 0.2) is 9.84 Å². The molecule has 0 spiro atoms. The first-order chi connectivity index (χ1) is 13.3. The maximum Gasteiger partial charge on any atom is 0.433 e. The maximum absolute atomic E-state index is 13.6. The van der Waals surface area contributed by atoms with E-state index >= 15 is 0 Å². The number of halogens is 3. The highest BCUT2D eigenvalue weighted by atomic mass is 32.2. The Morgan fingerprint density at radius 1 is 1.03 bits per heavy atom. The number of anilines is 1. The van der Waals surface area contributed by atoms with Gasteiger partial charge < -0.3 is 10.4 Å². The summed E-state index contributed by atoms with van der Waals surface area (Å²) in [5, 5.41) is 13.4. The van der Waals surface area contributed by atoms with Crippen LogP contribution in [-0.4, -0.2) is 32.5 Å². The van der Waals surface area contributed by atoms with Gasteiger partial charge in [-0.15, -0.1) is 0 Å². The fraction of sp³-hybridized carbons (Fsp3) is 0.333. The lowest BCUT2D eigenvalue weighted by Gasteiger charge is -2.26. The zero-order chi connectivity index (χ0) is 21.9. The van der Waals surface area contributed by atoms with Gasteiger partial charge in [-0.1, -0.05) is 31.9 Å². The molecule has 0 aromatic heterocycles. The molecule has 2 N–H and O–H groups in total. The van der Waals surface area contributed by atoms with Crippen LogP contribution in [0.1, 0.15) is 25.0 Å². The van der Waals surface area contributed by atoms with Crippen LogP contribution < -0.4 is 5.32 Å². The van der Waals surface area contributed by atoms with Crippen LogP contribution in [0.2, 0.25) is 0 Å². The molecule has 4 nitrogen and oxygen atoms in total. The van der Waals surface area contributed by atoms with Crippen molar-refractivity contribution in [2.45, 2.75) is 30.5 Å². The summed E-state index contributed by atoms with van der Waals surface area (Å²) in [6.45, 7) is 4.66. The predicted molar refractivity (Wildman–Crippen MR) is 106 cm³/mol. The highest BCUT2D eigenvalue weighted by molar-refractivity contribution is 7.90. The van der Waals surface area contributed by atoms with E-state index in [2.05, 4.69) is 11.2 Å². The minimum absolute atomic E-state index is 0.0265. The summed E-state index contributed by atoms with van der Waals surface area (Å²) in [6.07, 6.45) is -4.00. The first-order valence-corrected chi connectivity index (χ1v) is 10.7. The lowest BCUT2D eigenvalue weighted by Crippen LogP contribution is -2.41. The molecule has 0 saturated heterocycles. The van der Waals surface area contributed by atoms with E-state index in [1.54, 1.807) is 0 Å². The second-order valence-electron chi connectivity index (χ2n) is 7.11. The molecule has 2 aromatic rings. The molecule has 0 aliphatic heterocycles. The van der Waals surface area contributed by atoms with Gasteiger partial charge in [-0.05, 0) is 48.2 Å². The number of benzene rings is 2. The van der Waals surface area contributed by atoms with Crippen LogP contribution in [0.5, 0.6) is 0 Å². The molecule has 8 heteroatoms. The Labute approximate surface area is 168 Å². The first kappa shape index (κ1) is 22.8. The highest BCUT2D eigenvalue weighted by Crippen LogP contribution is 2.39. The number of sulfone groups is 1. The fourth-order valence-electron chi connectivity index (χ4n) is 2.41. The van der Waals surface area contributed by atoms with Crippen LogP contribution >= 0.6 is 0 Å². The van der Waals surface area contributed by atoms with Gasteiger partial charge in [0.2, 0.25) is 5.60 Å². The van der Waals surface area contributed by atoms with Crippen molar-refractivity contribution in [1.29, 1.82) is 0 Å². The summed E-state index contributed by atoms with van der Waals surface area (Å²) in [6, 6.07) is 10.4. The molecule has 29 heavy (non-hydrogen) atoms.